The molecule has 1 aliphatic rings. The van der Waals surface area contributed by atoms with E-state index in [2.05, 4.69) is 14.8 Å². The molecule has 2 N–H and O–H groups in total. The van der Waals surface area contributed by atoms with Crippen molar-refractivity contribution in [2.75, 3.05) is 37.6 Å². The molecule has 12 heteroatoms. The second-order valence-corrected chi connectivity index (χ2v) is 11.8. The molecule has 1 aromatic carbocycles. The number of fused-ring (bicyclic) bond motifs is 1. The van der Waals surface area contributed by atoms with Crippen LogP contribution in [0.1, 0.15) is 50.9 Å². The van der Waals surface area contributed by atoms with Gasteiger partial charge in [-0.15, -0.1) is 0 Å². The van der Waals surface area contributed by atoms with Crippen LogP contribution in [0.3, 0.4) is 0 Å². The standard InChI is InChI=1S/C33H34ClFN8O2/c1-19(2)26-31(27(20(3)4)39-18-38-26)43-32-22(17-23(34)28(40-32)21-9-6-7-10-24(21)35)30(29(37-5)33(43)45)42-15-13-41(14-16-42)25(44)11-8-12-36/h6-11,17-20H,12-16,36H2,1-4H3/b11-8+. The number of aromatic nitrogens is 4. The summed E-state index contributed by atoms with van der Waals surface area (Å²) in [6.07, 6.45) is 4.53. The van der Waals surface area contributed by atoms with Crippen molar-refractivity contribution in [1.29, 1.82) is 0 Å². The molecule has 0 spiro atoms. The van der Waals surface area contributed by atoms with Gasteiger partial charge >= 0.3 is 0 Å². The van der Waals surface area contributed by atoms with Crippen LogP contribution < -0.4 is 16.2 Å². The zero-order valence-corrected chi connectivity index (χ0v) is 26.3. The second-order valence-electron chi connectivity index (χ2n) is 11.4. The predicted octanol–water partition coefficient (Wildman–Crippen LogP) is 5.60. The van der Waals surface area contributed by atoms with Crippen molar-refractivity contribution in [3.63, 3.8) is 0 Å². The molecule has 5 rings (SSSR count). The van der Waals surface area contributed by atoms with E-state index in [0.717, 1.165) is 0 Å². The number of pyridine rings is 2. The average molecular weight is 629 g/mol. The molecular formula is C33H34ClFN8O2. The minimum atomic E-state index is -0.593. The highest BCUT2D eigenvalue weighted by molar-refractivity contribution is 6.34. The number of hydrogen-bond donors (Lipinski definition) is 1. The molecule has 4 aromatic rings. The van der Waals surface area contributed by atoms with Crippen molar-refractivity contribution in [1.82, 2.24) is 24.4 Å². The number of hydrogen-bond acceptors (Lipinski definition) is 7. The SMILES string of the molecule is [C-]#[N+]c1c(N2CCN(C(=O)/C=C/CN)CC2)c2cc(Cl)c(-c3ccccc3F)nc2n(-c2c(C(C)C)ncnc2C(C)C)c1=O. The Morgan fingerprint density at radius 2 is 1.73 bits per heavy atom. The molecule has 3 aromatic heterocycles. The van der Waals surface area contributed by atoms with Gasteiger partial charge in [-0.3, -0.25) is 14.2 Å². The first-order valence-electron chi connectivity index (χ1n) is 14.8. The fraction of sp³-hybridized carbons (Fsp3) is 0.333. The number of nitrogens with two attached hydrogens (primary N) is 1. The zero-order valence-electron chi connectivity index (χ0n) is 25.6. The predicted molar refractivity (Wildman–Crippen MR) is 175 cm³/mol. The normalized spacial score (nSPS) is 13.8. The van der Waals surface area contributed by atoms with Gasteiger partial charge in [0.2, 0.25) is 5.91 Å². The molecule has 1 saturated heterocycles. The quantitative estimate of drug-likeness (QED) is 0.209. The van der Waals surface area contributed by atoms with E-state index in [1.807, 2.05) is 32.6 Å². The fourth-order valence-corrected chi connectivity index (χ4v) is 5.88. The lowest BCUT2D eigenvalue weighted by Crippen LogP contribution is -2.48. The second kappa shape index (κ2) is 13.1. The first kappa shape index (κ1) is 31.8. The molecule has 0 atom stereocenters. The summed E-state index contributed by atoms with van der Waals surface area (Å²) >= 11 is 6.82. The third-order valence-electron chi connectivity index (χ3n) is 7.79. The number of piperazine rings is 1. The molecule has 232 valence electrons. The molecule has 10 nitrogen and oxygen atoms in total. The van der Waals surface area contributed by atoms with Gasteiger partial charge in [-0.1, -0.05) is 57.5 Å². The molecular weight excluding hydrogens is 595 g/mol. The van der Waals surface area contributed by atoms with Crippen molar-refractivity contribution >= 4 is 39.9 Å². The zero-order chi connectivity index (χ0) is 32.4. The highest BCUT2D eigenvalue weighted by atomic mass is 35.5. The summed E-state index contributed by atoms with van der Waals surface area (Å²) in [5.41, 5.74) is 7.38. The number of halogens is 2. The van der Waals surface area contributed by atoms with E-state index in [1.54, 1.807) is 35.2 Å². The van der Waals surface area contributed by atoms with Crippen LogP contribution in [0.5, 0.6) is 0 Å². The maximum absolute atomic E-state index is 15.1. The maximum Gasteiger partial charge on any atom is 0.274 e. The molecule has 0 radical (unpaired) electrons. The van der Waals surface area contributed by atoms with Gasteiger partial charge in [0.05, 0.1) is 40.1 Å². The summed E-state index contributed by atoms with van der Waals surface area (Å²) in [6.45, 7) is 17.7. The number of amides is 1. The van der Waals surface area contributed by atoms with Crippen molar-refractivity contribution in [3.8, 4) is 16.9 Å². The number of carbonyl (C=O) groups excluding carboxylic acids is 1. The van der Waals surface area contributed by atoms with Gasteiger partial charge in [-0.25, -0.2) is 24.2 Å². The van der Waals surface area contributed by atoms with Crippen LogP contribution >= 0.6 is 11.6 Å². The van der Waals surface area contributed by atoms with Crippen molar-refractivity contribution in [3.05, 3.63) is 92.8 Å². The number of carbonyl (C=O) groups is 1. The van der Waals surface area contributed by atoms with E-state index in [0.29, 0.717) is 54.3 Å². The van der Waals surface area contributed by atoms with E-state index in [4.69, 9.17) is 28.9 Å². The van der Waals surface area contributed by atoms with E-state index in [-0.39, 0.29) is 51.9 Å². The summed E-state index contributed by atoms with van der Waals surface area (Å²) < 4.78 is 16.5. The van der Waals surface area contributed by atoms with Crippen molar-refractivity contribution in [2.45, 2.75) is 39.5 Å². The van der Waals surface area contributed by atoms with Gasteiger partial charge in [0.1, 0.15) is 17.8 Å². The molecule has 4 heterocycles. The number of benzene rings is 1. The molecule has 1 amide bonds. The van der Waals surface area contributed by atoms with Crippen LogP contribution in [0.2, 0.25) is 5.02 Å². The fourth-order valence-electron chi connectivity index (χ4n) is 5.63. The molecule has 45 heavy (non-hydrogen) atoms. The Morgan fingerprint density at radius 3 is 2.31 bits per heavy atom. The highest BCUT2D eigenvalue weighted by Gasteiger charge is 2.30. The Bertz CT molecular complexity index is 1880. The maximum atomic E-state index is 15.1. The van der Waals surface area contributed by atoms with E-state index in [1.165, 1.54) is 23.0 Å². The average Bonchev–Trinajstić information content (AvgIpc) is 3.03. The molecule has 0 saturated carbocycles. The van der Waals surface area contributed by atoms with Crippen LogP contribution in [0.25, 0.3) is 32.8 Å². The Kier molecular flexibility index (Phi) is 9.27. The van der Waals surface area contributed by atoms with Gasteiger partial charge in [-0.05, 0) is 30.0 Å². The summed E-state index contributed by atoms with van der Waals surface area (Å²) in [6, 6.07) is 7.79. The van der Waals surface area contributed by atoms with Crippen LogP contribution in [0.15, 0.2) is 53.6 Å². The molecule has 0 unspecified atom stereocenters. The number of rotatable bonds is 7. The lowest BCUT2D eigenvalue weighted by Gasteiger charge is -2.37. The minimum absolute atomic E-state index is 0.101. The molecule has 0 aliphatic carbocycles. The smallest absolute Gasteiger partial charge is 0.274 e. The Balaban J connectivity index is 1.84. The minimum Gasteiger partial charge on any atom is -0.376 e. The Morgan fingerprint density at radius 1 is 1.09 bits per heavy atom. The summed E-state index contributed by atoms with van der Waals surface area (Å²) in [7, 11) is 0. The lowest BCUT2D eigenvalue weighted by molar-refractivity contribution is -0.126. The number of nitrogens with zero attached hydrogens (tertiary/aromatic N) is 7. The highest BCUT2D eigenvalue weighted by Crippen LogP contribution is 2.40. The molecule has 0 bridgehead atoms. The van der Waals surface area contributed by atoms with E-state index >= 15 is 4.39 Å². The van der Waals surface area contributed by atoms with Gasteiger partial charge in [-0.2, -0.15) is 0 Å². The van der Waals surface area contributed by atoms with Gasteiger partial charge in [0, 0.05) is 49.7 Å². The third-order valence-corrected chi connectivity index (χ3v) is 8.08. The van der Waals surface area contributed by atoms with Crippen LogP contribution in [-0.2, 0) is 4.79 Å². The first-order valence-corrected chi connectivity index (χ1v) is 15.1. The first-order chi connectivity index (χ1) is 21.6. The number of anilines is 1. The van der Waals surface area contributed by atoms with Gasteiger partial charge in [0.25, 0.3) is 11.2 Å². The Hall–Kier alpha value is -4.66. The van der Waals surface area contributed by atoms with Gasteiger partial charge < -0.3 is 15.5 Å². The summed E-state index contributed by atoms with van der Waals surface area (Å²) in [5.74, 6) is -0.875. The summed E-state index contributed by atoms with van der Waals surface area (Å²) in [4.78, 5) is 48.5. The lowest BCUT2D eigenvalue weighted by atomic mass is 10.0. The van der Waals surface area contributed by atoms with Crippen molar-refractivity contribution in [2.24, 2.45) is 5.73 Å². The topological polar surface area (TPSA) is 115 Å². The summed E-state index contributed by atoms with van der Waals surface area (Å²) in [5, 5.41) is 0.606. The monoisotopic (exact) mass is 628 g/mol. The van der Waals surface area contributed by atoms with E-state index in [9.17, 15) is 9.59 Å². The van der Waals surface area contributed by atoms with Crippen molar-refractivity contribution < 1.29 is 9.18 Å². The van der Waals surface area contributed by atoms with Crippen LogP contribution in [0, 0.1) is 12.4 Å². The molecule has 1 aliphatic heterocycles. The molecule has 1 fully saturated rings. The Labute approximate surface area is 265 Å². The van der Waals surface area contributed by atoms with Gasteiger partial charge in [0.15, 0.2) is 0 Å². The third kappa shape index (κ3) is 5.91. The van der Waals surface area contributed by atoms with E-state index < -0.39 is 11.4 Å². The largest absolute Gasteiger partial charge is 0.376 e. The van der Waals surface area contributed by atoms with Crippen LogP contribution in [0.4, 0.5) is 15.8 Å². The van der Waals surface area contributed by atoms with Crippen LogP contribution in [-0.4, -0.2) is 63.0 Å².